The molecular formula is C11H7N2OY-. The number of fused-ring (bicyclic) bond motifs is 3. The topological polar surface area (TPSA) is 37.3 Å². The monoisotopic (exact) mass is 272 g/mol. The van der Waals surface area contributed by atoms with Crippen molar-refractivity contribution in [2.75, 3.05) is 0 Å². The SMILES string of the molecule is O=c1[nH]c2ccccc2n2c[c-]cc12.[Y]. The Labute approximate surface area is 111 Å². The van der Waals surface area contributed by atoms with Gasteiger partial charge in [0.15, 0.2) is 5.56 Å². The van der Waals surface area contributed by atoms with Crippen LogP contribution in [-0.2, 0) is 32.7 Å². The molecule has 1 radical (unpaired) electrons. The Kier molecular flexibility index (Phi) is 2.76. The summed E-state index contributed by atoms with van der Waals surface area (Å²) in [4.78, 5) is 14.4. The van der Waals surface area contributed by atoms with E-state index in [1.165, 1.54) is 0 Å². The van der Waals surface area contributed by atoms with E-state index in [1.807, 2.05) is 28.7 Å². The van der Waals surface area contributed by atoms with E-state index in [0.29, 0.717) is 5.52 Å². The van der Waals surface area contributed by atoms with Gasteiger partial charge in [0.2, 0.25) is 0 Å². The number of hydrogen-bond donors (Lipinski definition) is 1. The summed E-state index contributed by atoms with van der Waals surface area (Å²) < 4.78 is 1.84. The van der Waals surface area contributed by atoms with Crippen LogP contribution in [0.1, 0.15) is 0 Å². The molecule has 0 aliphatic rings. The van der Waals surface area contributed by atoms with Gasteiger partial charge in [-0.15, -0.1) is 6.20 Å². The first-order valence-electron chi connectivity index (χ1n) is 4.35. The molecule has 0 bridgehead atoms. The number of hydrogen-bond acceptors (Lipinski definition) is 1. The second kappa shape index (κ2) is 3.91. The van der Waals surface area contributed by atoms with Crippen LogP contribution in [0.4, 0.5) is 0 Å². The summed E-state index contributed by atoms with van der Waals surface area (Å²) in [5, 5.41) is 0. The van der Waals surface area contributed by atoms with E-state index in [2.05, 4.69) is 11.1 Å². The quantitative estimate of drug-likeness (QED) is 0.620. The predicted molar refractivity (Wildman–Crippen MR) is 54.4 cm³/mol. The van der Waals surface area contributed by atoms with Crippen LogP contribution < -0.4 is 5.56 Å². The molecule has 0 amide bonds. The summed E-state index contributed by atoms with van der Waals surface area (Å²) in [5.74, 6) is 0. The largest absolute Gasteiger partial charge is 0.407 e. The van der Waals surface area contributed by atoms with Gasteiger partial charge in [0.25, 0.3) is 0 Å². The fourth-order valence-corrected chi connectivity index (χ4v) is 1.68. The van der Waals surface area contributed by atoms with Crippen LogP contribution in [0.15, 0.2) is 41.3 Å². The molecule has 0 aliphatic heterocycles. The number of nitrogens with zero attached hydrogens (tertiary/aromatic N) is 1. The van der Waals surface area contributed by atoms with Gasteiger partial charge < -0.3 is 9.38 Å². The van der Waals surface area contributed by atoms with Crippen LogP contribution >= 0.6 is 0 Å². The number of benzene rings is 1. The molecule has 0 unspecified atom stereocenters. The molecule has 2 heterocycles. The second-order valence-corrected chi connectivity index (χ2v) is 3.17. The smallest absolute Gasteiger partial charge is 0.189 e. The fourth-order valence-electron chi connectivity index (χ4n) is 1.68. The molecule has 0 spiro atoms. The number of rotatable bonds is 0. The average Bonchev–Trinajstić information content (AvgIpc) is 2.67. The van der Waals surface area contributed by atoms with E-state index >= 15 is 0 Å². The minimum Gasteiger partial charge on any atom is -0.407 e. The number of H-pyrrole nitrogens is 1. The van der Waals surface area contributed by atoms with Crippen molar-refractivity contribution < 1.29 is 32.7 Å². The maximum absolute atomic E-state index is 11.6. The summed E-state index contributed by atoms with van der Waals surface area (Å²) in [6, 6.07) is 12.3. The van der Waals surface area contributed by atoms with Crippen LogP contribution in [0.5, 0.6) is 0 Å². The van der Waals surface area contributed by atoms with E-state index in [0.717, 1.165) is 11.0 Å². The van der Waals surface area contributed by atoms with Crippen LogP contribution in [-0.4, -0.2) is 9.38 Å². The van der Waals surface area contributed by atoms with Crippen molar-refractivity contribution in [3.8, 4) is 0 Å². The first-order valence-corrected chi connectivity index (χ1v) is 4.35. The normalized spacial score (nSPS) is 10.4. The molecular weight excluding hydrogens is 265 g/mol. The van der Waals surface area contributed by atoms with E-state index in [4.69, 9.17) is 0 Å². The van der Waals surface area contributed by atoms with Crippen molar-refractivity contribution >= 4 is 16.6 Å². The van der Waals surface area contributed by atoms with Gasteiger partial charge in [-0.2, -0.15) is 0 Å². The maximum Gasteiger partial charge on any atom is 0.189 e. The van der Waals surface area contributed by atoms with E-state index in [-0.39, 0.29) is 38.3 Å². The average molecular weight is 272 g/mol. The van der Waals surface area contributed by atoms with Gasteiger partial charge in [-0.1, -0.05) is 12.1 Å². The Morgan fingerprint density at radius 2 is 2.00 bits per heavy atom. The number of para-hydroxylation sites is 2. The van der Waals surface area contributed by atoms with E-state index in [9.17, 15) is 4.79 Å². The zero-order chi connectivity index (χ0) is 9.54. The molecule has 15 heavy (non-hydrogen) atoms. The molecule has 1 aromatic carbocycles. The Hall–Kier alpha value is -0.926. The van der Waals surface area contributed by atoms with Gasteiger partial charge >= 0.3 is 0 Å². The zero-order valence-electron chi connectivity index (χ0n) is 7.90. The third kappa shape index (κ3) is 1.56. The molecule has 3 nitrogen and oxygen atoms in total. The van der Waals surface area contributed by atoms with Gasteiger partial charge in [-0.25, -0.2) is 12.1 Å². The van der Waals surface area contributed by atoms with Crippen molar-refractivity contribution in [3.05, 3.63) is 52.9 Å². The number of aromatic amines is 1. The Bertz CT molecular complexity index is 669. The zero-order valence-corrected chi connectivity index (χ0v) is 10.7. The molecule has 3 aromatic rings. The minimum atomic E-state index is -0.0787. The van der Waals surface area contributed by atoms with Crippen LogP contribution in [0.2, 0.25) is 0 Å². The fraction of sp³-hybridized carbons (Fsp3) is 0. The molecule has 1 N–H and O–H groups in total. The van der Waals surface area contributed by atoms with E-state index in [1.54, 1.807) is 12.3 Å². The summed E-state index contributed by atoms with van der Waals surface area (Å²) >= 11 is 0. The molecule has 0 aliphatic carbocycles. The molecule has 3 rings (SSSR count). The molecule has 0 saturated carbocycles. The minimum absolute atomic E-state index is 0. The van der Waals surface area contributed by atoms with Crippen LogP contribution in [0.3, 0.4) is 0 Å². The molecule has 2 aromatic heterocycles. The van der Waals surface area contributed by atoms with Gasteiger partial charge in [0.05, 0.1) is 11.0 Å². The molecule has 4 heteroatoms. The Morgan fingerprint density at radius 3 is 2.87 bits per heavy atom. The van der Waals surface area contributed by atoms with Gasteiger partial charge in [0.1, 0.15) is 0 Å². The third-order valence-corrected chi connectivity index (χ3v) is 2.33. The standard InChI is InChI=1S/C11H7N2O.Y/c14-11-10-6-3-7-13(10)9-5-2-1-4-8(9)12-11;/h1-2,4-7H,(H,12,14);/q-1;. The summed E-state index contributed by atoms with van der Waals surface area (Å²) in [6.07, 6.45) is 1.77. The Morgan fingerprint density at radius 1 is 1.20 bits per heavy atom. The molecule has 71 valence electrons. The third-order valence-electron chi connectivity index (χ3n) is 2.33. The Balaban J connectivity index is 0.000000853. The maximum atomic E-state index is 11.6. The van der Waals surface area contributed by atoms with Crippen molar-refractivity contribution in [1.29, 1.82) is 0 Å². The summed E-state index contributed by atoms with van der Waals surface area (Å²) in [6.45, 7) is 0. The van der Waals surface area contributed by atoms with Gasteiger partial charge in [0, 0.05) is 32.7 Å². The van der Waals surface area contributed by atoms with Crippen molar-refractivity contribution in [2.45, 2.75) is 0 Å². The van der Waals surface area contributed by atoms with Gasteiger partial charge in [-0.05, 0) is 17.6 Å². The van der Waals surface area contributed by atoms with Crippen molar-refractivity contribution in [3.63, 3.8) is 0 Å². The first-order chi connectivity index (χ1) is 6.86. The number of aromatic nitrogens is 2. The second-order valence-electron chi connectivity index (χ2n) is 3.17. The van der Waals surface area contributed by atoms with Gasteiger partial charge in [-0.3, -0.25) is 4.79 Å². The van der Waals surface area contributed by atoms with Crippen molar-refractivity contribution in [1.82, 2.24) is 9.38 Å². The molecule has 0 saturated heterocycles. The number of nitrogens with one attached hydrogen (secondary N) is 1. The summed E-state index contributed by atoms with van der Waals surface area (Å²) in [7, 11) is 0. The molecule has 0 fully saturated rings. The first kappa shape index (κ1) is 10.6. The predicted octanol–water partition coefficient (Wildman–Crippen LogP) is 1.58. The van der Waals surface area contributed by atoms with Crippen molar-refractivity contribution in [2.24, 2.45) is 0 Å². The molecule has 0 atom stereocenters. The van der Waals surface area contributed by atoms with E-state index < -0.39 is 0 Å². The summed E-state index contributed by atoms with van der Waals surface area (Å²) in [5.41, 5.74) is 2.38. The van der Waals surface area contributed by atoms with Crippen LogP contribution in [0.25, 0.3) is 16.6 Å². The van der Waals surface area contributed by atoms with Crippen LogP contribution in [0, 0.1) is 6.07 Å².